The molecule has 2 aromatic carbocycles. The van der Waals surface area contributed by atoms with Gasteiger partial charge in [0.2, 0.25) is 0 Å². The summed E-state index contributed by atoms with van der Waals surface area (Å²) >= 11 is 1.21. The number of alkyl halides is 2. The van der Waals surface area contributed by atoms with E-state index in [2.05, 4.69) is 9.72 Å². The maximum absolute atomic E-state index is 12.4. The second kappa shape index (κ2) is 7.00. The number of ether oxygens (including phenoxy) is 1. The standard InChI is InChI=1S/C17H13F2NO3S/c1-10(24-17-20-13-4-2-3-5-14(13)23-17)15(21)11-6-8-12(9-7-11)22-16(18)19/h2-10,16H,1H3/t10-/m0/s1. The number of hydrogen-bond acceptors (Lipinski definition) is 5. The molecule has 0 fully saturated rings. The molecule has 0 unspecified atom stereocenters. The highest BCUT2D eigenvalue weighted by molar-refractivity contribution is 8.00. The molecule has 0 aliphatic heterocycles. The summed E-state index contributed by atoms with van der Waals surface area (Å²) in [5.41, 5.74) is 1.80. The van der Waals surface area contributed by atoms with Gasteiger partial charge in [-0.05, 0) is 43.3 Å². The molecule has 0 spiro atoms. The number of para-hydroxylation sites is 2. The summed E-state index contributed by atoms with van der Waals surface area (Å²) in [6, 6.07) is 13.0. The fraction of sp³-hybridized carbons (Fsp3) is 0.176. The van der Waals surface area contributed by atoms with E-state index in [0.29, 0.717) is 16.4 Å². The first-order valence-corrected chi connectivity index (χ1v) is 8.02. The molecular formula is C17H13F2NO3S. The van der Waals surface area contributed by atoms with Crippen LogP contribution in [-0.4, -0.2) is 22.6 Å². The summed E-state index contributed by atoms with van der Waals surface area (Å²) < 4.78 is 34.1. The number of oxazole rings is 1. The van der Waals surface area contributed by atoms with Crippen LogP contribution in [0.5, 0.6) is 5.75 Å². The molecule has 3 aromatic rings. The van der Waals surface area contributed by atoms with Gasteiger partial charge in [0.1, 0.15) is 11.3 Å². The number of aromatic nitrogens is 1. The molecule has 1 aromatic heterocycles. The molecule has 7 heteroatoms. The molecule has 0 amide bonds. The van der Waals surface area contributed by atoms with E-state index in [-0.39, 0.29) is 11.5 Å². The van der Waals surface area contributed by atoms with Crippen molar-refractivity contribution in [2.75, 3.05) is 0 Å². The first-order valence-electron chi connectivity index (χ1n) is 7.14. The van der Waals surface area contributed by atoms with Gasteiger partial charge in [-0.3, -0.25) is 4.79 Å². The van der Waals surface area contributed by atoms with Gasteiger partial charge in [0, 0.05) is 5.56 Å². The molecule has 3 rings (SSSR count). The minimum absolute atomic E-state index is 0.0146. The average molecular weight is 349 g/mol. The van der Waals surface area contributed by atoms with Crippen molar-refractivity contribution in [1.82, 2.24) is 4.98 Å². The van der Waals surface area contributed by atoms with Crippen molar-refractivity contribution in [2.24, 2.45) is 0 Å². The van der Waals surface area contributed by atoms with Crippen molar-refractivity contribution in [3.8, 4) is 5.75 Å². The second-order valence-electron chi connectivity index (χ2n) is 4.97. The van der Waals surface area contributed by atoms with Gasteiger partial charge in [0.15, 0.2) is 11.4 Å². The highest BCUT2D eigenvalue weighted by Gasteiger charge is 2.19. The number of carbonyl (C=O) groups excluding carboxylic acids is 1. The van der Waals surface area contributed by atoms with E-state index >= 15 is 0 Å². The number of halogens is 2. The van der Waals surface area contributed by atoms with Gasteiger partial charge in [0.25, 0.3) is 5.22 Å². The molecule has 0 aliphatic rings. The van der Waals surface area contributed by atoms with E-state index in [9.17, 15) is 13.6 Å². The molecule has 0 bridgehead atoms. The zero-order chi connectivity index (χ0) is 17.1. The Morgan fingerprint density at radius 2 is 1.88 bits per heavy atom. The van der Waals surface area contributed by atoms with Crippen LogP contribution in [0.2, 0.25) is 0 Å². The van der Waals surface area contributed by atoms with E-state index in [1.54, 1.807) is 13.0 Å². The van der Waals surface area contributed by atoms with Crippen LogP contribution in [0.1, 0.15) is 17.3 Å². The lowest BCUT2D eigenvalue weighted by Crippen LogP contribution is -2.13. The lowest BCUT2D eigenvalue weighted by molar-refractivity contribution is -0.0498. The SMILES string of the molecule is C[C@H](Sc1nc2ccccc2o1)C(=O)c1ccc(OC(F)F)cc1. The molecule has 0 N–H and O–H groups in total. The van der Waals surface area contributed by atoms with Crippen molar-refractivity contribution in [3.05, 3.63) is 54.1 Å². The smallest absolute Gasteiger partial charge is 0.387 e. The largest absolute Gasteiger partial charge is 0.435 e. The first kappa shape index (κ1) is 16.4. The number of fused-ring (bicyclic) bond motifs is 1. The molecule has 1 heterocycles. The van der Waals surface area contributed by atoms with Gasteiger partial charge < -0.3 is 9.15 Å². The summed E-state index contributed by atoms with van der Waals surface area (Å²) in [6.07, 6.45) is 0. The van der Waals surface area contributed by atoms with Crippen LogP contribution in [0.25, 0.3) is 11.1 Å². The lowest BCUT2D eigenvalue weighted by Gasteiger charge is -2.09. The third-order valence-corrected chi connectivity index (χ3v) is 4.23. The van der Waals surface area contributed by atoms with Gasteiger partial charge in [0.05, 0.1) is 5.25 Å². The van der Waals surface area contributed by atoms with Crippen molar-refractivity contribution in [2.45, 2.75) is 24.0 Å². The summed E-state index contributed by atoms with van der Waals surface area (Å²) in [5, 5.41) is -0.0189. The molecule has 4 nitrogen and oxygen atoms in total. The van der Waals surface area contributed by atoms with Gasteiger partial charge >= 0.3 is 6.61 Å². The van der Waals surface area contributed by atoms with Crippen LogP contribution < -0.4 is 4.74 Å². The zero-order valence-electron chi connectivity index (χ0n) is 12.6. The first-order chi connectivity index (χ1) is 11.5. The van der Waals surface area contributed by atoms with Crippen LogP contribution in [0.4, 0.5) is 8.78 Å². The molecule has 0 saturated carbocycles. The summed E-state index contributed by atoms with van der Waals surface area (Å²) in [5.74, 6) is -0.133. The van der Waals surface area contributed by atoms with Crippen LogP contribution in [0.15, 0.2) is 58.2 Å². The van der Waals surface area contributed by atoms with E-state index in [4.69, 9.17) is 4.42 Å². The molecule has 0 radical (unpaired) electrons. The second-order valence-corrected chi connectivity index (χ2v) is 6.27. The number of rotatable bonds is 6. The Labute approximate surface area is 140 Å². The number of benzene rings is 2. The van der Waals surface area contributed by atoms with Gasteiger partial charge in [-0.1, -0.05) is 23.9 Å². The zero-order valence-corrected chi connectivity index (χ0v) is 13.4. The number of ketones is 1. The summed E-state index contributed by atoms with van der Waals surface area (Å²) in [6.45, 7) is -1.15. The Balaban J connectivity index is 1.69. The van der Waals surface area contributed by atoms with E-state index in [0.717, 1.165) is 5.52 Å². The number of nitrogens with zero attached hydrogens (tertiary/aromatic N) is 1. The number of thioether (sulfide) groups is 1. The predicted octanol–water partition coefficient (Wildman–Crippen LogP) is 4.79. The fourth-order valence-electron chi connectivity index (χ4n) is 2.14. The van der Waals surface area contributed by atoms with Gasteiger partial charge in [-0.2, -0.15) is 8.78 Å². The number of Topliss-reactive ketones (excluding diaryl/α,β-unsaturated/α-hetero) is 1. The highest BCUT2D eigenvalue weighted by Crippen LogP contribution is 2.28. The fourth-order valence-corrected chi connectivity index (χ4v) is 2.98. The molecule has 24 heavy (non-hydrogen) atoms. The third kappa shape index (κ3) is 3.73. The van der Waals surface area contributed by atoms with Crippen LogP contribution >= 0.6 is 11.8 Å². The van der Waals surface area contributed by atoms with Crippen LogP contribution in [-0.2, 0) is 0 Å². The number of hydrogen-bond donors (Lipinski definition) is 0. The molecule has 1 atom stereocenters. The Kier molecular flexibility index (Phi) is 4.80. The van der Waals surface area contributed by atoms with E-state index in [1.807, 2.05) is 18.2 Å². The summed E-state index contributed by atoms with van der Waals surface area (Å²) in [4.78, 5) is 16.7. The topological polar surface area (TPSA) is 52.3 Å². The minimum atomic E-state index is -2.89. The van der Waals surface area contributed by atoms with Gasteiger partial charge in [-0.15, -0.1) is 0 Å². The van der Waals surface area contributed by atoms with Crippen molar-refractivity contribution in [1.29, 1.82) is 0 Å². The molecule has 0 saturated heterocycles. The van der Waals surface area contributed by atoms with Crippen LogP contribution in [0.3, 0.4) is 0 Å². The maximum atomic E-state index is 12.4. The summed E-state index contributed by atoms with van der Waals surface area (Å²) in [7, 11) is 0. The van der Waals surface area contributed by atoms with Gasteiger partial charge in [-0.25, -0.2) is 4.98 Å². The predicted molar refractivity (Wildman–Crippen MR) is 86.7 cm³/mol. The average Bonchev–Trinajstić information content (AvgIpc) is 2.96. The van der Waals surface area contributed by atoms with Crippen molar-refractivity contribution >= 4 is 28.6 Å². The van der Waals surface area contributed by atoms with Crippen LogP contribution in [0, 0.1) is 0 Å². The lowest BCUT2D eigenvalue weighted by atomic mass is 10.1. The Bertz CT molecular complexity index is 815. The normalized spacial score (nSPS) is 12.5. The van der Waals surface area contributed by atoms with Crippen molar-refractivity contribution < 1.29 is 22.7 Å². The molecule has 124 valence electrons. The molecule has 0 aliphatic carbocycles. The Morgan fingerprint density at radius 3 is 2.54 bits per heavy atom. The van der Waals surface area contributed by atoms with Crippen molar-refractivity contribution in [3.63, 3.8) is 0 Å². The highest BCUT2D eigenvalue weighted by atomic mass is 32.2. The maximum Gasteiger partial charge on any atom is 0.387 e. The Morgan fingerprint density at radius 1 is 1.17 bits per heavy atom. The Hall–Kier alpha value is -2.41. The molecular weight excluding hydrogens is 336 g/mol. The minimum Gasteiger partial charge on any atom is -0.435 e. The monoisotopic (exact) mass is 349 g/mol. The number of carbonyl (C=O) groups is 1. The third-order valence-electron chi connectivity index (χ3n) is 3.29. The van der Waals surface area contributed by atoms with E-state index < -0.39 is 11.9 Å². The van der Waals surface area contributed by atoms with E-state index in [1.165, 1.54) is 36.0 Å². The quantitative estimate of drug-likeness (QED) is 0.473.